The number of nitrogens with one attached hydrogen (secondary N) is 1. The van der Waals surface area contributed by atoms with Crippen LogP contribution in [-0.4, -0.2) is 15.1 Å². The molecule has 4 nitrogen and oxygen atoms in total. The van der Waals surface area contributed by atoms with E-state index in [-0.39, 0.29) is 5.41 Å². The molecule has 1 atom stereocenters. The molecule has 0 amide bonds. The minimum absolute atomic E-state index is 0.0394. The SMILES string of the molecule is CC1(C)Cc2nc(Cc3ccc(N)cc3)c3[nH]c4ccccc4c3c2C(O)C1. The first-order chi connectivity index (χ1) is 13.4. The maximum Gasteiger partial charge on any atom is 0.0819 e. The zero-order valence-corrected chi connectivity index (χ0v) is 16.3. The predicted octanol–water partition coefficient (Wildman–Crippen LogP) is 4.89. The quantitative estimate of drug-likeness (QED) is 0.439. The zero-order valence-electron chi connectivity index (χ0n) is 16.3. The molecule has 0 aliphatic heterocycles. The van der Waals surface area contributed by atoms with E-state index in [4.69, 9.17) is 10.7 Å². The summed E-state index contributed by atoms with van der Waals surface area (Å²) in [4.78, 5) is 8.65. The number of benzene rings is 2. The van der Waals surface area contributed by atoms with Crippen LogP contribution in [0.3, 0.4) is 0 Å². The van der Waals surface area contributed by atoms with Crippen LogP contribution in [0.5, 0.6) is 0 Å². The van der Waals surface area contributed by atoms with E-state index in [9.17, 15) is 5.11 Å². The summed E-state index contributed by atoms with van der Waals surface area (Å²) in [5.41, 5.74) is 13.0. The maximum absolute atomic E-state index is 11.0. The van der Waals surface area contributed by atoms with Crippen LogP contribution in [0.15, 0.2) is 48.5 Å². The number of hydrogen-bond donors (Lipinski definition) is 3. The number of para-hydroxylation sites is 1. The summed E-state index contributed by atoms with van der Waals surface area (Å²) in [5, 5.41) is 13.3. The third-order valence-corrected chi connectivity index (χ3v) is 5.92. The number of nitrogens with zero attached hydrogens (tertiary/aromatic N) is 1. The summed E-state index contributed by atoms with van der Waals surface area (Å²) in [5.74, 6) is 0. The molecule has 0 fully saturated rings. The lowest BCUT2D eigenvalue weighted by molar-refractivity contribution is 0.0997. The van der Waals surface area contributed by atoms with Crippen LogP contribution in [0.4, 0.5) is 5.69 Å². The third-order valence-electron chi connectivity index (χ3n) is 5.92. The van der Waals surface area contributed by atoms with Crippen LogP contribution in [-0.2, 0) is 12.8 Å². The molecule has 2 heterocycles. The minimum atomic E-state index is -0.487. The van der Waals surface area contributed by atoms with Gasteiger partial charge >= 0.3 is 0 Å². The Bertz CT molecular complexity index is 1190. The van der Waals surface area contributed by atoms with Gasteiger partial charge in [0.05, 0.1) is 17.3 Å². The van der Waals surface area contributed by atoms with Gasteiger partial charge in [-0.05, 0) is 42.0 Å². The molecule has 2 aromatic heterocycles. The lowest BCUT2D eigenvalue weighted by Crippen LogP contribution is -2.27. The molecule has 0 saturated heterocycles. The molecule has 1 unspecified atom stereocenters. The molecular weight excluding hydrogens is 346 g/mol. The van der Waals surface area contributed by atoms with Crippen LogP contribution >= 0.6 is 0 Å². The molecule has 5 rings (SSSR count). The van der Waals surface area contributed by atoms with Crippen LogP contribution in [0.25, 0.3) is 21.8 Å². The van der Waals surface area contributed by atoms with Gasteiger partial charge in [-0.15, -0.1) is 0 Å². The summed E-state index contributed by atoms with van der Waals surface area (Å²) in [6, 6.07) is 16.3. The monoisotopic (exact) mass is 371 g/mol. The van der Waals surface area contributed by atoms with Gasteiger partial charge in [0.1, 0.15) is 0 Å². The summed E-state index contributed by atoms with van der Waals surface area (Å²) < 4.78 is 0. The van der Waals surface area contributed by atoms with E-state index in [1.807, 2.05) is 18.2 Å². The first-order valence-corrected chi connectivity index (χ1v) is 9.86. The summed E-state index contributed by atoms with van der Waals surface area (Å²) in [7, 11) is 0. The summed E-state index contributed by atoms with van der Waals surface area (Å²) in [6.07, 6.45) is 1.88. The first kappa shape index (κ1) is 17.3. The van der Waals surface area contributed by atoms with Gasteiger partial charge in [-0.3, -0.25) is 4.98 Å². The van der Waals surface area contributed by atoms with Crippen molar-refractivity contribution in [2.75, 3.05) is 5.73 Å². The minimum Gasteiger partial charge on any atom is -0.399 e. The number of aromatic amines is 1. The van der Waals surface area contributed by atoms with Gasteiger partial charge in [-0.2, -0.15) is 0 Å². The van der Waals surface area contributed by atoms with Gasteiger partial charge < -0.3 is 15.8 Å². The molecule has 142 valence electrons. The predicted molar refractivity (Wildman–Crippen MR) is 114 cm³/mol. The van der Waals surface area contributed by atoms with Crippen LogP contribution in [0, 0.1) is 5.41 Å². The Morgan fingerprint density at radius 1 is 1.14 bits per heavy atom. The number of fused-ring (bicyclic) bond motifs is 5. The molecule has 0 spiro atoms. The van der Waals surface area contributed by atoms with Crippen LogP contribution in [0.2, 0.25) is 0 Å². The van der Waals surface area contributed by atoms with Gasteiger partial charge in [0.2, 0.25) is 0 Å². The van der Waals surface area contributed by atoms with E-state index in [0.29, 0.717) is 0 Å². The van der Waals surface area contributed by atoms with E-state index < -0.39 is 6.10 Å². The molecule has 4 heteroatoms. The lowest BCUT2D eigenvalue weighted by Gasteiger charge is -2.34. The molecule has 2 aromatic carbocycles. The molecule has 1 aliphatic carbocycles. The molecule has 1 aliphatic rings. The molecule has 0 saturated carbocycles. The van der Waals surface area contributed by atoms with Gasteiger partial charge in [0, 0.05) is 39.7 Å². The highest BCUT2D eigenvalue weighted by molar-refractivity contribution is 6.10. The van der Waals surface area contributed by atoms with Crippen molar-refractivity contribution in [3.05, 3.63) is 71.0 Å². The van der Waals surface area contributed by atoms with Crippen molar-refractivity contribution >= 4 is 27.5 Å². The number of H-pyrrole nitrogens is 1. The van der Waals surface area contributed by atoms with E-state index in [1.54, 1.807) is 0 Å². The second kappa shape index (κ2) is 6.08. The number of hydrogen-bond acceptors (Lipinski definition) is 3. The largest absolute Gasteiger partial charge is 0.399 e. The van der Waals surface area contributed by atoms with E-state index in [0.717, 1.165) is 63.7 Å². The smallest absolute Gasteiger partial charge is 0.0819 e. The number of nitrogens with two attached hydrogens (primary N) is 1. The van der Waals surface area contributed by atoms with Gasteiger partial charge in [-0.1, -0.05) is 44.2 Å². The van der Waals surface area contributed by atoms with Gasteiger partial charge in [0.15, 0.2) is 0 Å². The standard InChI is InChI=1S/C24H25N3O/c1-24(2)12-19-22(20(28)13-24)21-16-5-3-4-6-17(16)27-23(21)18(26-19)11-14-7-9-15(25)10-8-14/h3-10,20,27-28H,11-13,25H2,1-2H3. The highest BCUT2D eigenvalue weighted by Gasteiger charge is 2.35. The topological polar surface area (TPSA) is 74.9 Å². The second-order valence-corrected chi connectivity index (χ2v) is 8.82. The fraction of sp³-hybridized carbons (Fsp3) is 0.292. The number of anilines is 1. The first-order valence-electron chi connectivity index (χ1n) is 9.86. The van der Waals surface area contributed by atoms with E-state index in [1.165, 1.54) is 5.56 Å². The van der Waals surface area contributed by atoms with Crippen molar-refractivity contribution in [3.8, 4) is 0 Å². The van der Waals surface area contributed by atoms with Gasteiger partial charge in [-0.25, -0.2) is 0 Å². The summed E-state index contributed by atoms with van der Waals surface area (Å²) >= 11 is 0. The molecule has 0 radical (unpaired) electrons. The Balaban J connectivity index is 1.78. The number of nitrogen functional groups attached to an aromatic ring is 1. The van der Waals surface area contributed by atoms with Crippen molar-refractivity contribution in [2.24, 2.45) is 5.41 Å². The highest BCUT2D eigenvalue weighted by Crippen LogP contribution is 2.45. The molecular formula is C24H25N3O. The maximum atomic E-state index is 11.0. The normalized spacial score (nSPS) is 18.5. The lowest BCUT2D eigenvalue weighted by atomic mass is 9.74. The highest BCUT2D eigenvalue weighted by atomic mass is 16.3. The van der Waals surface area contributed by atoms with Gasteiger partial charge in [0.25, 0.3) is 0 Å². The van der Waals surface area contributed by atoms with E-state index >= 15 is 0 Å². The summed E-state index contributed by atoms with van der Waals surface area (Å²) in [6.45, 7) is 4.42. The second-order valence-electron chi connectivity index (χ2n) is 8.82. The number of aliphatic hydroxyl groups is 1. The van der Waals surface area contributed by atoms with Crippen molar-refractivity contribution in [1.82, 2.24) is 9.97 Å². The Morgan fingerprint density at radius 2 is 1.89 bits per heavy atom. The van der Waals surface area contributed by atoms with Crippen molar-refractivity contribution < 1.29 is 5.11 Å². The third kappa shape index (κ3) is 2.76. The average molecular weight is 371 g/mol. The van der Waals surface area contributed by atoms with Crippen molar-refractivity contribution in [2.45, 2.75) is 39.2 Å². The Labute approximate surface area is 164 Å². The fourth-order valence-electron chi connectivity index (χ4n) is 4.66. The van der Waals surface area contributed by atoms with Crippen LogP contribution < -0.4 is 5.73 Å². The van der Waals surface area contributed by atoms with Crippen molar-refractivity contribution in [1.29, 1.82) is 0 Å². The molecule has 4 N–H and O–H groups in total. The number of pyridine rings is 1. The van der Waals surface area contributed by atoms with Crippen LogP contribution in [0.1, 0.15) is 48.9 Å². The number of aliphatic hydroxyl groups excluding tert-OH is 1. The Kier molecular flexibility index (Phi) is 3.75. The molecule has 0 bridgehead atoms. The Morgan fingerprint density at radius 3 is 2.68 bits per heavy atom. The number of rotatable bonds is 2. The number of aromatic nitrogens is 2. The fourth-order valence-corrected chi connectivity index (χ4v) is 4.66. The Hall–Kier alpha value is -2.85. The van der Waals surface area contributed by atoms with E-state index in [2.05, 4.69) is 49.2 Å². The molecule has 4 aromatic rings. The van der Waals surface area contributed by atoms with Crippen molar-refractivity contribution in [3.63, 3.8) is 0 Å². The average Bonchev–Trinajstić information content (AvgIpc) is 3.02. The zero-order chi connectivity index (χ0) is 19.5. The molecule has 28 heavy (non-hydrogen) atoms.